The molecule has 4 heteroatoms. The third-order valence-electron chi connectivity index (χ3n) is 4.13. The van der Waals surface area contributed by atoms with Gasteiger partial charge in [0.25, 0.3) is 0 Å². The maximum Gasteiger partial charge on any atom is 0.242 e. The molecule has 0 aromatic rings. The van der Waals surface area contributed by atoms with Crippen molar-refractivity contribution in [1.29, 1.82) is 0 Å². The number of nitrogens with two attached hydrogens (primary N) is 1. The van der Waals surface area contributed by atoms with E-state index in [-0.39, 0.29) is 18.3 Å². The van der Waals surface area contributed by atoms with Gasteiger partial charge in [0.1, 0.15) is 0 Å². The fourth-order valence-electron chi connectivity index (χ4n) is 2.60. The molecule has 0 spiro atoms. The van der Waals surface area contributed by atoms with Crippen LogP contribution < -0.4 is 5.73 Å². The Labute approximate surface area is 104 Å². The molecule has 2 fully saturated rings. The van der Waals surface area contributed by atoms with E-state index in [0.29, 0.717) is 11.8 Å². The van der Waals surface area contributed by atoms with Crippen molar-refractivity contribution in [3.05, 3.63) is 0 Å². The second-order valence-corrected chi connectivity index (χ2v) is 5.55. The maximum atomic E-state index is 12.1. The van der Waals surface area contributed by atoms with Crippen molar-refractivity contribution in [3.63, 3.8) is 0 Å². The zero-order chi connectivity index (χ0) is 11.1. The summed E-state index contributed by atoms with van der Waals surface area (Å²) in [5.74, 6) is 1.56. The summed E-state index contributed by atoms with van der Waals surface area (Å²) >= 11 is 0. The average Bonchev–Trinajstić information content (AvgIpc) is 2.61. The molecule has 3 nitrogen and oxygen atoms in total. The molecule has 0 aromatic heterocycles. The van der Waals surface area contributed by atoms with Gasteiger partial charge in [0.2, 0.25) is 5.91 Å². The summed E-state index contributed by atoms with van der Waals surface area (Å²) in [7, 11) is 0. The van der Waals surface area contributed by atoms with Gasteiger partial charge in [0, 0.05) is 13.1 Å². The van der Waals surface area contributed by atoms with Gasteiger partial charge in [-0.2, -0.15) is 0 Å². The number of hydrogen-bond acceptors (Lipinski definition) is 2. The normalized spacial score (nSPS) is 27.5. The van der Waals surface area contributed by atoms with E-state index in [4.69, 9.17) is 5.73 Å². The molecule has 2 aliphatic rings. The van der Waals surface area contributed by atoms with Crippen LogP contribution in [0.3, 0.4) is 0 Å². The molecule has 0 radical (unpaired) electrons. The molecular weight excluding hydrogens is 224 g/mol. The van der Waals surface area contributed by atoms with Crippen LogP contribution in [0.1, 0.15) is 39.5 Å². The lowest BCUT2D eigenvalue weighted by Crippen LogP contribution is -2.59. The molecule has 1 aliphatic heterocycles. The molecule has 1 saturated heterocycles. The van der Waals surface area contributed by atoms with Gasteiger partial charge in [0.05, 0.1) is 5.54 Å². The Morgan fingerprint density at radius 3 is 2.44 bits per heavy atom. The largest absolute Gasteiger partial charge is 0.341 e. The number of carbonyl (C=O) groups excluding carboxylic acids is 1. The molecule has 94 valence electrons. The Morgan fingerprint density at radius 2 is 2.06 bits per heavy atom. The summed E-state index contributed by atoms with van der Waals surface area (Å²) in [4.78, 5) is 14.1. The number of halogens is 1. The van der Waals surface area contributed by atoms with Crippen LogP contribution in [0.5, 0.6) is 0 Å². The van der Waals surface area contributed by atoms with Crippen LogP contribution in [-0.4, -0.2) is 29.4 Å². The van der Waals surface area contributed by atoms with Gasteiger partial charge in [-0.3, -0.25) is 4.79 Å². The third-order valence-corrected chi connectivity index (χ3v) is 4.13. The Morgan fingerprint density at radius 1 is 1.44 bits per heavy atom. The van der Waals surface area contributed by atoms with Gasteiger partial charge in [-0.05, 0) is 37.5 Å². The highest BCUT2D eigenvalue weighted by Crippen LogP contribution is 2.33. The molecule has 0 bridgehead atoms. The molecule has 1 heterocycles. The van der Waals surface area contributed by atoms with Crippen molar-refractivity contribution < 1.29 is 4.79 Å². The van der Waals surface area contributed by atoms with Crippen molar-refractivity contribution in [1.82, 2.24) is 4.90 Å². The standard InChI is InChI=1S/C12H22N2O.ClH/c1-9(2)10-4-7-14(8-10)11(15)12(13)5-3-6-12;/h9-10H,3-8,13H2,1-2H3;1H. The quantitative estimate of drug-likeness (QED) is 0.808. The van der Waals surface area contributed by atoms with E-state index in [1.54, 1.807) is 0 Å². The van der Waals surface area contributed by atoms with Crippen LogP contribution in [0.4, 0.5) is 0 Å². The van der Waals surface area contributed by atoms with Crippen molar-refractivity contribution in [2.24, 2.45) is 17.6 Å². The highest BCUT2D eigenvalue weighted by atomic mass is 35.5. The van der Waals surface area contributed by atoms with Gasteiger partial charge < -0.3 is 10.6 Å². The molecule has 16 heavy (non-hydrogen) atoms. The minimum Gasteiger partial charge on any atom is -0.341 e. The number of rotatable bonds is 2. The number of likely N-dealkylation sites (tertiary alicyclic amines) is 1. The summed E-state index contributed by atoms with van der Waals surface area (Å²) in [6, 6.07) is 0. The van der Waals surface area contributed by atoms with Gasteiger partial charge in [-0.1, -0.05) is 13.8 Å². The van der Waals surface area contributed by atoms with Crippen LogP contribution in [-0.2, 0) is 4.79 Å². The summed E-state index contributed by atoms with van der Waals surface area (Å²) in [6.07, 6.45) is 4.03. The summed E-state index contributed by atoms with van der Waals surface area (Å²) in [5.41, 5.74) is 5.56. The first-order valence-electron chi connectivity index (χ1n) is 6.11. The zero-order valence-corrected chi connectivity index (χ0v) is 11.1. The Hall–Kier alpha value is -0.280. The van der Waals surface area contributed by atoms with Gasteiger partial charge in [-0.15, -0.1) is 12.4 Å². The monoisotopic (exact) mass is 246 g/mol. The molecular formula is C12H23ClN2O. The molecule has 1 saturated carbocycles. The molecule has 1 unspecified atom stereocenters. The highest BCUT2D eigenvalue weighted by molar-refractivity contribution is 5.87. The zero-order valence-electron chi connectivity index (χ0n) is 10.2. The molecule has 1 amide bonds. The van der Waals surface area contributed by atoms with Crippen molar-refractivity contribution in [3.8, 4) is 0 Å². The molecule has 0 aromatic carbocycles. The predicted molar refractivity (Wildman–Crippen MR) is 67.5 cm³/mol. The Bertz CT molecular complexity index is 264. The minimum atomic E-state index is -0.494. The maximum absolute atomic E-state index is 12.1. The minimum absolute atomic E-state index is 0. The van der Waals surface area contributed by atoms with Crippen LogP contribution in [0, 0.1) is 11.8 Å². The Kier molecular flexibility index (Phi) is 4.24. The van der Waals surface area contributed by atoms with Gasteiger partial charge in [-0.25, -0.2) is 0 Å². The van der Waals surface area contributed by atoms with Crippen LogP contribution in [0.15, 0.2) is 0 Å². The average molecular weight is 247 g/mol. The fourth-order valence-corrected chi connectivity index (χ4v) is 2.60. The summed E-state index contributed by atoms with van der Waals surface area (Å²) in [6.45, 7) is 6.32. The lowest BCUT2D eigenvalue weighted by Gasteiger charge is -2.39. The first kappa shape index (κ1) is 13.8. The predicted octanol–water partition coefficient (Wildman–Crippen LogP) is 1.79. The van der Waals surface area contributed by atoms with E-state index in [2.05, 4.69) is 13.8 Å². The summed E-state index contributed by atoms with van der Waals surface area (Å²) < 4.78 is 0. The van der Waals surface area contributed by atoms with Crippen molar-refractivity contribution in [2.75, 3.05) is 13.1 Å². The number of hydrogen-bond donors (Lipinski definition) is 1. The molecule has 2 N–H and O–H groups in total. The van der Waals surface area contributed by atoms with E-state index in [0.717, 1.165) is 38.8 Å². The topological polar surface area (TPSA) is 46.3 Å². The van der Waals surface area contributed by atoms with E-state index in [9.17, 15) is 4.79 Å². The van der Waals surface area contributed by atoms with E-state index in [1.165, 1.54) is 0 Å². The first-order valence-corrected chi connectivity index (χ1v) is 6.11. The van der Waals surface area contributed by atoms with Crippen LogP contribution in [0.25, 0.3) is 0 Å². The van der Waals surface area contributed by atoms with Crippen LogP contribution >= 0.6 is 12.4 Å². The van der Waals surface area contributed by atoms with E-state index < -0.39 is 5.54 Å². The molecule has 2 rings (SSSR count). The van der Waals surface area contributed by atoms with E-state index in [1.807, 2.05) is 4.90 Å². The lowest BCUT2D eigenvalue weighted by molar-refractivity contribution is -0.139. The van der Waals surface area contributed by atoms with Gasteiger partial charge >= 0.3 is 0 Å². The van der Waals surface area contributed by atoms with Gasteiger partial charge in [0.15, 0.2) is 0 Å². The van der Waals surface area contributed by atoms with Crippen LogP contribution in [0.2, 0.25) is 0 Å². The number of amides is 1. The second-order valence-electron chi connectivity index (χ2n) is 5.55. The van der Waals surface area contributed by atoms with Crippen molar-refractivity contribution >= 4 is 18.3 Å². The lowest BCUT2D eigenvalue weighted by atomic mass is 9.76. The smallest absolute Gasteiger partial charge is 0.242 e. The van der Waals surface area contributed by atoms with E-state index >= 15 is 0 Å². The number of carbonyl (C=O) groups is 1. The highest BCUT2D eigenvalue weighted by Gasteiger charge is 2.44. The molecule has 1 atom stereocenters. The first-order chi connectivity index (χ1) is 7.03. The van der Waals surface area contributed by atoms with Crippen molar-refractivity contribution in [2.45, 2.75) is 45.1 Å². The molecule has 1 aliphatic carbocycles. The third kappa shape index (κ3) is 2.35. The fraction of sp³-hybridized carbons (Fsp3) is 0.917. The Balaban J connectivity index is 0.00000128. The summed E-state index contributed by atoms with van der Waals surface area (Å²) in [5, 5.41) is 0. The number of nitrogens with zero attached hydrogens (tertiary/aromatic N) is 1. The second kappa shape index (κ2) is 4.92. The SMILES string of the molecule is CC(C)C1CCN(C(=O)C2(N)CCC2)C1.Cl.